The molecular weight excluding hydrogens is 406 g/mol. The van der Waals surface area contributed by atoms with Crippen molar-refractivity contribution in [3.05, 3.63) is 70.5 Å². The van der Waals surface area contributed by atoms with E-state index in [4.69, 9.17) is 4.98 Å². The number of hydrogen-bond donors (Lipinski definition) is 1. The molecule has 0 spiro atoms. The van der Waals surface area contributed by atoms with Crippen LogP contribution < -0.4 is 10.9 Å². The van der Waals surface area contributed by atoms with Gasteiger partial charge < -0.3 is 5.32 Å². The largest absolute Gasteiger partial charge is 0.353 e. The van der Waals surface area contributed by atoms with E-state index in [1.165, 1.54) is 36.6 Å². The predicted octanol–water partition coefficient (Wildman–Crippen LogP) is 4.57. The lowest BCUT2D eigenvalue weighted by Crippen LogP contribution is -2.37. The SMILES string of the molecule is O=C(CSc1nc2ccccc2c(=O)n1CCCc1ccccc1)NC1CCCCC1. The molecule has 0 unspecified atom stereocenters. The van der Waals surface area contributed by atoms with Gasteiger partial charge in [-0.1, -0.05) is 73.5 Å². The summed E-state index contributed by atoms with van der Waals surface area (Å²) in [7, 11) is 0. The summed E-state index contributed by atoms with van der Waals surface area (Å²) in [6.07, 6.45) is 7.50. The predicted molar refractivity (Wildman–Crippen MR) is 127 cm³/mol. The van der Waals surface area contributed by atoms with Gasteiger partial charge in [0.05, 0.1) is 16.7 Å². The second-order valence-electron chi connectivity index (χ2n) is 8.15. The smallest absolute Gasteiger partial charge is 0.262 e. The van der Waals surface area contributed by atoms with Crippen LogP contribution in [0, 0.1) is 0 Å². The molecule has 1 saturated carbocycles. The second-order valence-corrected chi connectivity index (χ2v) is 9.09. The standard InChI is InChI=1S/C25H29N3O2S/c29-23(26-20-13-5-2-6-14-20)18-31-25-27-22-16-8-7-15-21(22)24(30)28(25)17-9-12-19-10-3-1-4-11-19/h1,3-4,7-8,10-11,15-16,20H,2,5-6,9,12-14,17-18H2,(H,26,29). The maximum atomic E-state index is 13.2. The van der Waals surface area contributed by atoms with Crippen molar-refractivity contribution in [2.24, 2.45) is 0 Å². The summed E-state index contributed by atoms with van der Waals surface area (Å²) < 4.78 is 1.74. The quantitative estimate of drug-likeness (QED) is 0.416. The lowest BCUT2D eigenvalue weighted by atomic mass is 9.95. The van der Waals surface area contributed by atoms with E-state index in [2.05, 4.69) is 17.4 Å². The average molecular weight is 436 g/mol. The summed E-state index contributed by atoms with van der Waals surface area (Å²) in [6, 6.07) is 18.0. The molecule has 1 aliphatic carbocycles. The van der Waals surface area contributed by atoms with E-state index in [0.717, 1.165) is 25.7 Å². The van der Waals surface area contributed by atoms with Gasteiger partial charge >= 0.3 is 0 Å². The van der Waals surface area contributed by atoms with Crippen LogP contribution >= 0.6 is 11.8 Å². The van der Waals surface area contributed by atoms with Crippen LogP contribution in [-0.2, 0) is 17.8 Å². The minimum Gasteiger partial charge on any atom is -0.353 e. The van der Waals surface area contributed by atoms with Crippen LogP contribution in [0.1, 0.15) is 44.1 Å². The summed E-state index contributed by atoms with van der Waals surface area (Å²) in [5, 5.41) is 4.39. The molecule has 31 heavy (non-hydrogen) atoms. The summed E-state index contributed by atoms with van der Waals surface area (Å²) in [5.41, 5.74) is 1.90. The normalized spacial score (nSPS) is 14.6. The minimum atomic E-state index is -0.0335. The summed E-state index contributed by atoms with van der Waals surface area (Å²) in [5.74, 6) is 0.301. The molecule has 162 valence electrons. The maximum absolute atomic E-state index is 13.2. The third-order valence-corrected chi connectivity index (χ3v) is 6.80. The fourth-order valence-electron chi connectivity index (χ4n) is 4.19. The van der Waals surface area contributed by atoms with Crippen LogP contribution in [0.4, 0.5) is 0 Å². The van der Waals surface area contributed by atoms with Gasteiger partial charge in [0.1, 0.15) is 0 Å². The number of benzene rings is 2. The number of nitrogens with one attached hydrogen (secondary N) is 1. The first-order valence-corrected chi connectivity index (χ1v) is 12.1. The zero-order valence-corrected chi connectivity index (χ0v) is 18.6. The first-order valence-electron chi connectivity index (χ1n) is 11.2. The molecule has 1 aromatic heterocycles. The molecule has 5 nitrogen and oxygen atoms in total. The number of amides is 1. The molecule has 0 bridgehead atoms. The van der Waals surface area contributed by atoms with E-state index in [0.29, 0.717) is 28.6 Å². The van der Waals surface area contributed by atoms with Crippen LogP contribution in [0.3, 0.4) is 0 Å². The Morgan fingerprint density at radius 3 is 2.58 bits per heavy atom. The number of aromatic nitrogens is 2. The first kappa shape index (κ1) is 21.6. The molecule has 4 rings (SSSR count). The van der Waals surface area contributed by atoms with Crippen molar-refractivity contribution >= 4 is 28.6 Å². The van der Waals surface area contributed by atoms with Crippen molar-refractivity contribution in [2.75, 3.05) is 5.75 Å². The minimum absolute atomic E-state index is 0.0233. The number of carbonyl (C=O) groups excluding carboxylic acids is 1. The maximum Gasteiger partial charge on any atom is 0.262 e. The molecule has 1 N–H and O–H groups in total. The molecule has 0 radical (unpaired) electrons. The highest BCUT2D eigenvalue weighted by molar-refractivity contribution is 7.99. The third kappa shape index (κ3) is 5.76. The topological polar surface area (TPSA) is 64.0 Å². The molecule has 0 saturated heterocycles. The number of thioether (sulfide) groups is 1. The van der Waals surface area contributed by atoms with Crippen LogP contribution in [-0.4, -0.2) is 27.3 Å². The molecule has 2 aromatic carbocycles. The Balaban J connectivity index is 1.48. The van der Waals surface area contributed by atoms with E-state index in [1.807, 2.05) is 42.5 Å². The van der Waals surface area contributed by atoms with Crippen molar-refractivity contribution in [3.8, 4) is 0 Å². The number of carbonyl (C=O) groups is 1. The number of nitrogens with zero attached hydrogens (tertiary/aromatic N) is 2. The molecule has 1 heterocycles. The number of fused-ring (bicyclic) bond motifs is 1. The van der Waals surface area contributed by atoms with Crippen molar-refractivity contribution < 1.29 is 4.79 Å². The number of rotatable bonds is 8. The van der Waals surface area contributed by atoms with Crippen molar-refractivity contribution in [1.82, 2.24) is 14.9 Å². The Bertz CT molecular complexity index is 1080. The number of hydrogen-bond acceptors (Lipinski definition) is 4. The Morgan fingerprint density at radius 2 is 1.77 bits per heavy atom. The fourth-order valence-corrected chi connectivity index (χ4v) is 5.02. The third-order valence-electron chi connectivity index (χ3n) is 5.82. The van der Waals surface area contributed by atoms with Crippen molar-refractivity contribution in [2.45, 2.75) is 62.7 Å². The van der Waals surface area contributed by atoms with Gasteiger partial charge in [-0.15, -0.1) is 0 Å². The molecule has 1 aliphatic rings. The highest BCUT2D eigenvalue weighted by Gasteiger charge is 2.17. The van der Waals surface area contributed by atoms with Gasteiger partial charge in [0.15, 0.2) is 5.16 Å². The van der Waals surface area contributed by atoms with Crippen molar-refractivity contribution in [1.29, 1.82) is 0 Å². The molecule has 6 heteroatoms. The van der Waals surface area contributed by atoms with Crippen LogP contribution in [0.5, 0.6) is 0 Å². The molecule has 0 atom stereocenters. The van der Waals surface area contributed by atoms with Gasteiger partial charge in [-0.3, -0.25) is 14.2 Å². The highest BCUT2D eigenvalue weighted by atomic mass is 32.2. The van der Waals surface area contributed by atoms with Gasteiger partial charge in [-0.2, -0.15) is 0 Å². The Labute approximate surface area is 187 Å². The van der Waals surface area contributed by atoms with E-state index in [-0.39, 0.29) is 17.2 Å². The highest BCUT2D eigenvalue weighted by Crippen LogP contribution is 2.20. The van der Waals surface area contributed by atoms with Crippen LogP contribution in [0.25, 0.3) is 10.9 Å². The molecular formula is C25H29N3O2S. The van der Waals surface area contributed by atoms with E-state index >= 15 is 0 Å². The van der Waals surface area contributed by atoms with Crippen molar-refractivity contribution in [3.63, 3.8) is 0 Å². The van der Waals surface area contributed by atoms with Crippen LogP contribution in [0.2, 0.25) is 0 Å². The fraction of sp³-hybridized carbons (Fsp3) is 0.400. The van der Waals surface area contributed by atoms with Gasteiger partial charge in [0, 0.05) is 12.6 Å². The van der Waals surface area contributed by atoms with E-state index < -0.39 is 0 Å². The van der Waals surface area contributed by atoms with Crippen LogP contribution in [0.15, 0.2) is 64.5 Å². The Hall–Kier alpha value is -2.60. The lowest BCUT2D eigenvalue weighted by Gasteiger charge is -2.22. The van der Waals surface area contributed by atoms with Gasteiger partial charge in [0.2, 0.25) is 5.91 Å². The Kier molecular flexibility index (Phi) is 7.41. The van der Waals surface area contributed by atoms with E-state index in [9.17, 15) is 9.59 Å². The average Bonchev–Trinajstić information content (AvgIpc) is 2.81. The van der Waals surface area contributed by atoms with Gasteiger partial charge in [-0.05, 0) is 43.4 Å². The zero-order valence-electron chi connectivity index (χ0n) is 17.8. The Morgan fingerprint density at radius 1 is 1.03 bits per heavy atom. The monoisotopic (exact) mass is 435 g/mol. The summed E-state index contributed by atoms with van der Waals surface area (Å²) in [4.78, 5) is 30.4. The van der Waals surface area contributed by atoms with Gasteiger partial charge in [-0.25, -0.2) is 4.98 Å². The molecule has 1 amide bonds. The number of para-hydroxylation sites is 1. The van der Waals surface area contributed by atoms with E-state index in [1.54, 1.807) is 4.57 Å². The summed E-state index contributed by atoms with van der Waals surface area (Å²) in [6.45, 7) is 0.581. The lowest BCUT2D eigenvalue weighted by molar-refractivity contribution is -0.119. The number of aryl methyl sites for hydroxylation is 1. The van der Waals surface area contributed by atoms with Gasteiger partial charge in [0.25, 0.3) is 5.56 Å². The summed E-state index contributed by atoms with van der Waals surface area (Å²) >= 11 is 1.36. The second kappa shape index (κ2) is 10.6. The molecule has 1 fully saturated rings. The molecule has 0 aliphatic heterocycles. The zero-order chi connectivity index (χ0) is 21.5. The first-order chi connectivity index (χ1) is 15.2. The molecule has 3 aromatic rings.